The van der Waals surface area contributed by atoms with E-state index in [0.717, 1.165) is 12.5 Å². The summed E-state index contributed by atoms with van der Waals surface area (Å²) < 4.78 is 0. The largest absolute Gasteiger partial charge is 0.330 e. The highest BCUT2D eigenvalue weighted by Gasteiger charge is 2.21. The first kappa shape index (κ1) is 15.7. The Balaban J connectivity index is 3.61. The minimum atomic E-state index is 0.353. The zero-order valence-corrected chi connectivity index (χ0v) is 11.8. The second kappa shape index (κ2) is 8.81. The van der Waals surface area contributed by atoms with Crippen molar-refractivity contribution in [3.05, 3.63) is 12.2 Å². The van der Waals surface area contributed by atoms with Crippen LogP contribution in [0, 0.1) is 11.3 Å². The number of unbranched alkanes of at least 4 members (excludes halogenated alkanes) is 4. The SMILES string of the molecule is CC=CC(C)(C)C(C)CCCCCCCN. The molecule has 1 heteroatoms. The van der Waals surface area contributed by atoms with Crippen LogP contribution in [0.2, 0.25) is 0 Å². The topological polar surface area (TPSA) is 26.0 Å². The fraction of sp³-hybridized carbons (Fsp3) is 0.867. The van der Waals surface area contributed by atoms with Crippen LogP contribution in [0.15, 0.2) is 12.2 Å². The smallest absolute Gasteiger partial charge is 0.00773 e. The third-order valence-corrected chi connectivity index (χ3v) is 3.71. The first-order valence-corrected chi connectivity index (χ1v) is 6.88. The zero-order valence-electron chi connectivity index (χ0n) is 11.8. The molecule has 16 heavy (non-hydrogen) atoms. The van der Waals surface area contributed by atoms with Gasteiger partial charge in [0.2, 0.25) is 0 Å². The van der Waals surface area contributed by atoms with Crippen molar-refractivity contribution in [1.29, 1.82) is 0 Å². The molecule has 0 spiro atoms. The van der Waals surface area contributed by atoms with Crippen LogP contribution in [-0.2, 0) is 0 Å². The van der Waals surface area contributed by atoms with Crippen LogP contribution in [0.1, 0.15) is 66.2 Å². The van der Waals surface area contributed by atoms with Gasteiger partial charge in [-0.3, -0.25) is 0 Å². The molecule has 0 fully saturated rings. The van der Waals surface area contributed by atoms with E-state index < -0.39 is 0 Å². The molecule has 0 heterocycles. The maximum atomic E-state index is 5.47. The summed E-state index contributed by atoms with van der Waals surface area (Å²) in [4.78, 5) is 0. The maximum absolute atomic E-state index is 5.47. The molecule has 0 aliphatic heterocycles. The Hall–Kier alpha value is -0.300. The lowest BCUT2D eigenvalue weighted by Crippen LogP contribution is -2.18. The molecule has 1 unspecified atom stereocenters. The lowest BCUT2D eigenvalue weighted by molar-refractivity contribution is 0.280. The van der Waals surface area contributed by atoms with Crippen molar-refractivity contribution in [3.63, 3.8) is 0 Å². The quantitative estimate of drug-likeness (QED) is 0.453. The van der Waals surface area contributed by atoms with E-state index in [4.69, 9.17) is 5.73 Å². The molecule has 0 aliphatic rings. The highest BCUT2D eigenvalue weighted by atomic mass is 14.5. The van der Waals surface area contributed by atoms with Crippen molar-refractivity contribution in [2.75, 3.05) is 6.54 Å². The summed E-state index contributed by atoms with van der Waals surface area (Å²) in [7, 11) is 0. The van der Waals surface area contributed by atoms with Gasteiger partial charge in [0.15, 0.2) is 0 Å². The van der Waals surface area contributed by atoms with Crippen LogP contribution >= 0.6 is 0 Å². The molecule has 0 rings (SSSR count). The molecule has 0 saturated carbocycles. The van der Waals surface area contributed by atoms with Gasteiger partial charge in [-0.05, 0) is 37.6 Å². The average Bonchev–Trinajstić information content (AvgIpc) is 2.22. The maximum Gasteiger partial charge on any atom is -0.00773 e. The summed E-state index contributed by atoms with van der Waals surface area (Å²) in [5, 5.41) is 0. The van der Waals surface area contributed by atoms with E-state index in [1.54, 1.807) is 0 Å². The number of rotatable bonds is 9. The lowest BCUT2D eigenvalue weighted by atomic mass is 9.77. The predicted octanol–water partition coefficient (Wildman–Crippen LogP) is 4.52. The van der Waals surface area contributed by atoms with E-state index in [2.05, 4.69) is 39.8 Å². The van der Waals surface area contributed by atoms with Gasteiger partial charge in [0, 0.05) is 0 Å². The Bertz CT molecular complexity index is 182. The van der Waals surface area contributed by atoms with Crippen molar-refractivity contribution < 1.29 is 0 Å². The molecule has 0 saturated heterocycles. The van der Waals surface area contributed by atoms with Gasteiger partial charge in [-0.2, -0.15) is 0 Å². The minimum absolute atomic E-state index is 0.353. The van der Waals surface area contributed by atoms with Crippen LogP contribution in [0.3, 0.4) is 0 Å². The molecule has 2 N–H and O–H groups in total. The summed E-state index contributed by atoms with van der Waals surface area (Å²) >= 11 is 0. The van der Waals surface area contributed by atoms with Gasteiger partial charge in [-0.25, -0.2) is 0 Å². The van der Waals surface area contributed by atoms with Crippen LogP contribution in [0.4, 0.5) is 0 Å². The van der Waals surface area contributed by atoms with Gasteiger partial charge in [0.05, 0.1) is 0 Å². The highest BCUT2D eigenvalue weighted by molar-refractivity contribution is 4.95. The molecule has 1 atom stereocenters. The van der Waals surface area contributed by atoms with Crippen molar-refractivity contribution in [3.8, 4) is 0 Å². The molecule has 96 valence electrons. The predicted molar refractivity (Wildman–Crippen MR) is 74.5 cm³/mol. The first-order valence-electron chi connectivity index (χ1n) is 6.88. The average molecular weight is 225 g/mol. The minimum Gasteiger partial charge on any atom is -0.330 e. The zero-order chi connectivity index (χ0) is 12.4. The second-order valence-corrected chi connectivity index (χ2v) is 5.57. The Morgan fingerprint density at radius 3 is 2.19 bits per heavy atom. The van der Waals surface area contributed by atoms with Crippen molar-refractivity contribution in [1.82, 2.24) is 0 Å². The van der Waals surface area contributed by atoms with Gasteiger partial charge in [0.25, 0.3) is 0 Å². The number of nitrogens with two attached hydrogens (primary N) is 1. The van der Waals surface area contributed by atoms with Gasteiger partial charge in [-0.1, -0.05) is 58.6 Å². The normalized spacial score (nSPS) is 14.6. The molecule has 0 aromatic rings. The Morgan fingerprint density at radius 1 is 1.06 bits per heavy atom. The molecule has 0 aromatic carbocycles. The van der Waals surface area contributed by atoms with E-state index in [-0.39, 0.29) is 0 Å². The third-order valence-electron chi connectivity index (χ3n) is 3.71. The van der Waals surface area contributed by atoms with Crippen LogP contribution in [0.25, 0.3) is 0 Å². The Morgan fingerprint density at radius 2 is 1.62 bits per heavy atom. The molecule has 0 radical (unpaired) electrons. The lowest BCUT2D eigenvalue weighted by Gasteiger charge is -2.28. The highest BCUT2D eigenvalue weighted by Crippen LogP contribution is 2.32. The first-order chi connectivity index (χ1) is 7.54. The molecular formula is C15H31N. The van der Waals surface area contributed by atoms with E-state index >= 15 is 0 Å². The Kier molecular flexibility index (Phi) is 8.64. The molecular weight excluding hydrogens is 194 g/mol. The molecule has 0 amide bonds. The molecule has 0 bridgehead atoms. The van der Waals surface area contributed by atoms with Gasteiger partial charge in [0.1, 0.15) is 0 Å². The summed E-state index contributed by atoms with van der Waals surface area (Å²) in [6.07, 6.45) is 12.5. The summed E-state index contributed by atoms with van der Waals surface area (Å²) in [6.45, 7) is 10.0. The second-order valence-electron chi connectivity index (χ2n) is 5.57. The van der Waals surface area contributed by atoms with Crippen LogP contribution in [-0.4, -0.2) is 6.54 Å². The molecule has 0 aromatic heterocycles. The van der Waals surface area contributed by atoms with Crippen molar-refractivity contribution >= 4 is 0 Å². The van der Waals surface area contributed by atoms with E-state index in [1.165, 1.54) is 38.5 Å². The third kappa shape index (κ3) is 7.05. The number of hydrogen-bond acceptors (Lipinski definition) is 1. The van der Waals surface area contributed by atoms with Crippen LogP contribution < -0.4 is 5.73 Å². The monoisotopic (exact) mass is 225 g/mol. The van der Waals surface area contributed by atoms with E-state index in [1.807, 2.05) is 0 Å². The summed E-state index contributed by atoms with van der Waals surface area (Å²) in [5.41, 5.74) is 5.83. The molecule has 0 aliphatic carbocycles. The van der Waals surface area contributed by atoms with E-state index in [0.29, 0.717) is 5.41 Å². The van der Waals surface area contributed by atoms with Gasteiger partial charge in [-0.15, -0.1) is 0 Å². The standard InChI is InChI=1S/C15H31N/c1-5-12-15(3,4)14(2)11-9-7-6-8-10-13-16/h5,12,14H,6-11,13,16H2,1-4H3. The van der Waals surface area contributed by atoms with Crippen molar-refractivity contribution in [2.24, 2.45) is 17.1 Å². The summed E-state index contributed by atoms with van der Waals surface area (Å²) in [5.74, 6) is 0.776. The van der Waals surface area contributed by atoms with Gasteiger partial charge < -0.3 is 5.73 Å². The fourth-order valence-corrected chi connectivity index (χ4v) is 2.09. The van der Waals surface area contributed by atoms with E-state index in [9.17, 15) is 0 Å². The summed E-state index contributed by atoms with van der Waals surface area (Å²) in [6, 6.07) is 0. The van der Waals surface area contributed by atoms with Crippen molar-refractivity contribution in [2.45, 2.75) is 66.2 Å². The number of hydrogen-bond donors (Lipinski definition) is 1. The number of allylic oxidation sites excluding steroid dienone is 2. The Labute approximate surface area is 102 Å². The fourth-order valence-electron chi connectivity index (χ4n) is 2.09. The van der Waals surface area contributed by atoms with Gasteiger partial charge >= 0.3 is 0 Å². The molecule has 1 nitrogen and oxygen atoms in total. The van der Waals surface area contributed by atoms with Crippen LogP contribution in [0.5, 0.6) is 0 Å².